The van der Waals surface area contributed by atoms with Gasteiger partial charge < -0.3 is 29.7 Å². The number of benzene rings is 4. The smallest absolute Gasteiger partial charge is 0.410 e. The fourth-order valence-corrected chi connectivity index (χ4v) is 9.76. The van der Waals surface area contributed by atoms with Crippen molar-refractivity contribution in [1.82, 2.24) is 29.7 Å². The first-order valence-corrected chi connectivity index (χ1v) is 26.4. The fourth-order valence-electron chi connectivity index (χ4n) is 9.76. The molecule has 402 valence electrons. The minimum atomic E-state index is -0.543. The quantitative estimate of drug-likeness (QED) is 0.124. The van der Waals surface area contributed by atoms with E-state index < -0.39 is 11.2 Å². The number of aromatic nitrogens is 4. The second kappa shape index (κ2) is 25.2. The van der Waals surface area contributed by atoms with Crippen molar-refractivity contribution in [3.05, 3.63) is 179 Å². The summed E-state index contributed by atoms with van der Waals surface area (Å²) in [5, 5.41) is 11.4. The van der Waals surface area contributed by atoms with Crippen LogP contribution in [0.15, 0.2) is 145 Å². The Bertz CT molecular complexity index is 3300. The molecule has 78 heavy (non-hydrogen) atoms. The van der Waals surface area contributed by atoms with Crippen molar-refractivity contribution >= 4 is 52.1 Å². The molecule has 0 saturated carbocycles. The first kappa shape index (κ1) is 55.8. The fraction of sp³-hybridized carbons (Fsp3) is 0.317. The standard InChI is InChI=1S/C31H34N4O3.C31H30N4O3.CH4O/c2*1-31(2,3)38-30(37)35-16-6-7-23(19-35)26-14-13-25(27-18-32-20-34-29(26)27)21-9-11-22(12-10-21)28(36)17-24-8-4-5-15-33-24;1-2/h4-5,8-15,18,23,34H,6-7,16-17,19-20H2,1-3H3;4-5,7-15,18,20H,6,16-17,19H2,1-3H3;2H,1H3. The summed E-state index contributed by atoms with van der Waals surface area (Å²) in [6, 6.07) is 35.0. The summed E-state index contributed by atoms with van der Waals surface area (Å²) < 4.78 is 11.2. The molecule has 0 bridgehead atoms. The number of carbonyl (C=O) groups excluding carboxylic acids is 4. The highest BCUT2D eigenvalue weighted by Gasteiger charge is 2.31. The summed E-state index contributed by atoms with van der Waals surface area (Å²) in [5.41, 5.74) is 12.0. The van der Waals surface area contributed by atoms with E-state index in [2.05, 4.69) is 60.6 Å². The van der Waals surface area contributed by atoms with Crippen LogP contribution in [0.1, 0.15) is 116 Å². The molecule has 2 N–H and O–H groups in total. The Morgan fingerprint density at radius 3 is 1.83 bits per heavy atom. The third kappa shape index (κ3) is 14.1. The molecule has 1 fully saturated rings. The van der Waals surface area contributed by atoms with Crippen LogP contribution in [0.3, 0.4) is 0 Å². The summed E-state index contributed by atoms with van der Waals surface area (Å²) in [5.74, 6) is 0.282. The monoisotopic (exact) mass is 1050 g/mol. The molecule has 6 heterocycles. The van der Waals surface area contributed by atoms with E-state index in [4.69, 9.17) is 14.6 Å². The first-order chi connectivity index (χ1) is 37.6. The Kier molecular flexibility index (Phi) is 18.0. The number of amides is 2. The summed E-state index contributed by atoms with van der Waals surface area (Å²) in [4.78, 5) is 76.4. The molecular weight excluding hydrogens is 981 g/mol. The Hall–Kier alpha value is -8.43. The van der Waals surface area contributed by atoms with Gasteiger partial charge in [0.25, 0.3) is 0 Å². The van der Waals surface area contributed by atoms with E-state index >= 15 is 0 Å². The Balaban J connectivity index is 0.000000200. The van der Waals surface area contributed by atoms with Gasteiger partial charge >= 0.3 is 12.2 Å². The number of piperidine rings is 1. The molecule has 1 saturated heterocycles. The molecule has 4 aromatic carbocycles. The number of pyridine rings is 2. The van der Waals surface area contributed by atoms with E-state index in [9.17, 15) is 19.2 Å². The molecule has 3 aliphatic rings. The number of ketones is 2. The summed E-state index contributed by atoms with van der Waals surface area (Å²) in [7, 11) is 1.00. The van der Waals surface area contributed by atoms with Crippen molar-refractivity contribution in [2.75, 3.05) is 45.3 Å². The van der Waals surface area contributed by atoms with E-state index in [1.54, 1.807) is 23.6 Å². The number of aliphatic hydroxyl groups excluding tert-OH is 1. The zero-order valence-electron chi connectivity index (χ0n) is 45.5. The number of aliphatic hydroxyl groups is 1. The van der Waals surface area contributed by atoms with Crippen molar-refractivity contribution in [3.63, 3.8) is 0 Å². The average molecular weight is 1050 g/mol. The zero-order valence-corrected chi connectivity index (χ0v) is 45.5. The predicted octanol–water partition coefficient (Wildman–Crippen LogP) is 11.8. The van der Waals surface area contributed by atoms with Crippen molar-refractivity contribution in [2.24, 2.45) is 4.99 Å². The minimum Gasteiger partial charge on any atom is -0.444 e. The molecule has 1 unspecified atom stereocenters. The number of fused-ring (bicyclic) bond motifs is 2. The number of ether oxygens (including phenoxy) is 2. The van der Waals surface area contributed by atoms with Gasteiger partial charge in [-0.1, -0.05) is 91.0 Å². The second-order valence-corrected chi connectivity index (χ2v) is 21.3. The van der Waals surface area contributed by atoms with E-state index in [-0.39, 0.29) is 42.5 Å². The van der Waals surface area contributed by atoms with Crippen LogP contribution in [0.25, 0.3) is 38.7 Å². The molecule has 0 radical (unpaired) electrons. The lowest BCUT2D eigenvalue weighted by molar-refractivity contribution is 0.0197. The van der Waals surface area contributed by atoms with Gasteiger partial charge in [-0.05, 0) is 118 Å². The highest BCUT2D eigenvalue weighted by molar-refractivity contribution is 6.03. The summed E-state index contributed by atoms with van der Waals surface area (Å²) >= 11 is 0. The summed E-state index contributed by atoms with van der Waals surface area (Å²) in [6.45, 7) is 14.3. The number of carbonyl (C=O) groups is 4. The van der Waals surface area contributed by atoms with Gasteiger partial charge in [-0.2, -0.15) is 0 Å². The van der Waals surface area contributed by atoms with Crippen molar-refractivity contribution in [3.8, 4) is 22.3 Å². The lowest BCUT2D eigenvalue weighted by atomic mass is 9.85. The minimum absolute atomic E-state index is 0.0255. The number of Topliss-reactive ketones (excluding diaryl/α,β-unsaturated/α-hetero) is 2. The van der Waals surface area contributed by atoms with Gasteiger partial charge in [0.15, 0.2) is 11.6 Å². The average Bonchev–Trinajstić information content (AvgIpc) is 3.50. The maximum atomic E-state index is 12.8. The highest BCUT2D eigenvalue weighted by Crippen LogP contribution is 2.40. The van der Waals surface area contributed by atoms with Crippen molar-refractivity contribution < 1.29 is 33.8 Å². The number of likely N-dealkylation sites (tertiary alicyclic amines) is 1. The van der Waals surface area contributed by atoms with Crippen LogP contribution in [0, 0.1) is 0 Å². The molecule has 3 aliphatic heterocycles. The molecule has 7 aromatic rings. The molecule has 15 heteroatoms. The number of hydrogen-bond acceptors (Lipinski definition) is 13. The number of aliphatic imine (C=N–C) groups is 1. The Morgan fingerprint density at radius 1 is 0.667 bits per heavy atom. The maximum absolute atomic E-state index is 12.8. The van der Waals surface area contributed by atoms with Crippen LogP contribution in [-0.4, -0.2) is 116 Å². The van der Waals surface area contributed by atoms with Crippen molar-refractivity contribution in [1.29, 1.82) is 0 Å². The molecule has 0 spiro atoms. The van der Waals surface area contributed by atoms with Crippen LogP contribution < -0.4 is 5.32 Å². The molecule has 1 atom stereocenters. The first-order valence-electron chi connectivity index (χ1n) is 26.4. The van der Waals surface area contributed by atoms with E-state index in [0.717, 1.165) is 93.3 Å². The number of nitrogens with zero attached hydrogens (tertiary/aromatic N) is 7. The highest BCUT2D eigenvalue weighted by atomic mass is 16.6. The van der Waals surface area contributed by atoms with Gasteiger partial charge in [-0.25, -0.2) is 19.6 Å². The van der Waals surface area contributed by atoms with Gasteiger partial charge in [0, 0.05) is 109 Å². The topological polar surface area (TPSA) is 189 Å². The van der Waals surface area contributed by atoms with Crippen LogP contribution in [0.2, 0.25) is 0 Å². The van der Waals surface area contributed by atoms with Crippen LogP contribution in [0.5, 0.6) is 0 Å². The molecule has 2 amide bonds. The third-order valence-electron chi connectivity index (χ3n) is 13.4. The van der Waals surface area contributed by atoms with Crippen molar-refractivity contribution in [2.45, 2.75) is 90.8 Å². The largest absolute Gasteiger partial charge is 0.444 e. The predicted molar refractivity (Wildman–Crippen MR) is 306 cm³/mol. The Labute approximate surface area is 456 Å². The van der Waals surface area contributed by atoms with Gasteiger partial charge in [0.05, 0.1) is 18.4 Å². The molecule has 0 aliphatic carbocycles. The van der Waals surface area contributed by atoms with Crippen LogP contribution in [-0.2, 0) is 22.3 Å². The van der Waals surface area contributed by atoms with Gasteiger partial charge in [0.2, 0.25) is 0 Å². The van der Waals surface area contributed by atoms with Gasteiger partial charge in [0.1, 0.15) is 24.2 Å². The number of hydrogen-bond donors (Lipinski definition) is 2. The molecule has 15 nitrogen and oxygen atoms in total. The number of anilines is 1. The normalized spacial score (nSPS) is 15.0. The van der Waals surface area contributed by atoms with Gasteiger partial charge in [-0.15, -0.1) is 0 Å². The maximum Gasteiger partial charge on any atom is 0.410 e. The lowest BCUT2D eigenvalue weighted by Crippen LogP contribution is -2.42. The van der Waals surface area contributed by atoms with Gasteiger partial charge in [-0.3, -0.25) is 24.5 Å². The van der Waals surface area contributed by atoms with E-state index in [1.807, 2.05) is 144 Å². The van der Waals surface area contributed by atoms with E-state index in [0.29, 0.717) is 44.0 Å². The summed E-state index contributed by atoms with van der Waals surface area (Å²) in [6.07, 6.45) is 13.5. The molecule has 3 aromatic heterocycles. The van der Waals surface area contributed by atoms with E-state index in [1.165, 1.54) is 5.56 Å². The number of rotatable bonds is 10. The third-order valence-corrected chi connectivity index (χ3v) is 13.4. The SMILES string of the molecule is CC(C)(C)OC(=O)N1CCC=C(c2ccc(-c3ccc(C(=O)Cc4ccccn4)cc3)c3cncnc23)C1.CC(C)(C)OC(=O)N1CCCC(c2ccc(-c3ccc(C(=O)Cc4ccccn4)cc3)c3c2NCN=C3)C1.CO. The van der Waals surface area contributed by atoms with Crippen LogP contribution in [0.4, 0.5) is 15.3 Å². The number of nitrogens with one attached hydrogen (secondary N) is 1. The molecule has 10 rings (SSSR count). The Morgan fingerprint density at radius 2 is 1.24 bits per heavy atom. The lowest BCUT2D eigenvalue weighted by Gasteiger charge is -2.35. The second-order valence-electron chi connectivity index (χ2n) is 21.3. The van der Waals surface area contributed by atoms with Crippen LogP contribution >= 0.6 is 0 Å². The zero-order chi connectivity index (χ0) is 55.4. The molecular formula is C63H68N8O7.